The number of benzene rings is 1. The minimum absolute atomic E-state index is 0.368. The monoisotopic (exact) mass is 296 g/mol. The molecule has 82 valence electrons. The molecule has 2 aromatic rings. The predicted molar refractivity (Wildman–Crippen MR) is 69.2 cm³/mol. The molecule has 0 fully saturated rings. The molecule has 4 heteroatoms. The molecule has 1 heterocycles. The van der Waals surface area contributed by atoms with Gasteiger partial charge in [-0.1, -0.05) is 22.0 Å². The molecule has 0 aliphatic carbocycles. The van der Waals surface area contributed by atoms with Crippen LogP contribution in [-0.4, -0.2) is 11.1 Å². The number of hydrogen-bond donors (Lipinski definition) is 1. The molecule has 16 heavy (non-hydrogen) atoms. The van der Waals surface area contributed by atoms with Crippen molar-refractivity contribution < 1.29 is 9.90 Å². The molecule has 0 aliphatic heterocycles. The third-order valence-electron chi connectivity index (χ3n) is 2.14. The van der Waals surface area contributed by atoms with Crippen LogP contribution in [0.2, 0.25) is 0 Å². The summed E-state index contributed by atoms with van der Waals surface area (Å²) in [4.78, 5) is 12.1. The summed E-state index contributed by atoms with van der Waals surface area (Å²) in [7, 11) is 0. The standard InChI is InChI=1S/C12H9BrO2S/c1-7-4-8(6-9(13)5-7)10-2-3-11(16-10)12(14)15/h2-6H,1H3,(H,14,15). The van der Waals surface area contributed by atoms with Crippen LogP contribution in [0.1, 0.15) is 15.2 Å². The van der Waals surface area contributed by atoms with Gasteiger partial charge in [0.05, 0.1) is 0 Å². The topological polar surface area (TPSA) is 37.3 Å². The van der Waals surface area contributed by atoms with Crippen LogP contribution < -0.4 is 0 Å². The summed E-state index contributed by atoms with van der Waals surface area (Å²) in [6, 6.07) is 9.54. The zero-order valence-electron chi connectivity index (χ0n) is 8.53. The van der Waals surface area contributed by atoms with Crippen molar-refractivity contribution in [2.75, 3.05) is 0 Å². The molecule has 0 aliphatic rings. The van der Waals surface area contributed by atoms with Crippen LogP contribution in [0.4, 0.5) is 0 Å². The Balaban J connectivity index is 2.46. The molecule has 0 bridgehead atoms. The van der Waals surface area contributed by atoms with E-state index >= 15 is 0 Å². The summed E-state index contributed by atoms with van der Waals surface area (Å²) in [5.41, 5.74) is 2.19. The number of hydrogen-bond acceptors (Lipinski definition) is 2. The van der Waals surface area contributed by atoms with Crippen molar-refractivity contribution >= 4 is 33.2 Å². The molecule has 1 N–H and O–H groups in total. The number of carbonyl (C=O) groups is 1. The average Bonchev–Trinajstić information content (AvgIpc) is 2.64. The fourth-order valence-electron chi connectivity index (χ4n) is 1.49. The van der Waals surface area contributed by atoms with Gasteiger partial charge in [0.2, 0.25) is 0 Å². The van der Waals surface area contributed by atoms with Crippen LogP contribution in [0.15, 0.2) is 34.8 Å². The highest BCUT2D eigenvalue weighted by atomic mass is 79.9. The van der Waals surface area contributed by atoms with Gasteiger partial charge in [-0.3, -0.25) is 0 Å². The molecule has 1 aromatic heterocycles. The molecule has 2 rings (SSSR count). The second-order valence-electron chi connectivity index (χ2n) is 3.49. The lowest BCUT2D eigenvalue weighted by atomic mass is 10.1. The summed E-state index contributed by atoms with van der Waals surface area (Å²) in [5.74, 6) is -0.872. The molecule has 1 aromatic carbocycles. The van der Waals surface area contributed by atoms with Crippen molar-refractivity contribution in [1.82, 2.24) is 0 Å². The van der Waals surface area contributed by atoms with Crippen LogP contribution in [0.3, 0.4) is 0 Å². The first-order valence-corrected chi connectivity index (χ1v) is 6.28. The van der Waals surface area contributed by atoms with Gasteiger partial charge in [-0.25, -0.2) is 4.79 Å². The summed E-state index contributed by atoms with van der Waals surface area (Å²) in [6.07, 6.45) is 0. The first-order valence-electron chi connectivity index (χ1n) is 4.67. The molecular weight excluding hydrogens is 288 g/mol. The molecule has 0 saturated heterocycles. The van der Waals surface area contributed by atoms with Gasteiger partial charge in [-0.15, -0.1) is 11.3 Å². The molecule has 0 unspecified atom stereocenters. The number of aryl methyl sites for hydroxylation is 1. The van der Waals surface area contributed by atoms with E-state index in [2.05, 4.69) is 15.9 Å². The number of halogens is 1. The Kier molecular flexibility index (Phi) is 3.12. The lowest BCUT2D eigenvalue weighted by Gasteiger charge is -2.00. The maximum absolute atomic E-state index is 10.8. The first kappa shape index (κ1) is 11.4. The molecule has 0 spiro atoms. The Hall–Kier alpha value is -1.13. The van der Waals surface area contributed by atoms with Crippen molar-refractivity contribution in [3.8, 4) is 10.4 Å². The molecule has 0 saturated carbocycles. The SMILES string of the molecule is Cc1cc(Br)cc(-c2ccc(C(=O)O)s2)c1. The zero-order valence-corrected chi connectivity index (χ0v) is 10.9. The quantitative estimate of drug-likeness (QED) is 0.902. The van der Waals surface area contributed by atoms with Gasteiger partial charge in [0.15, 0.2) is 0 Å². The summed E-state index contributed by atoms with van der Waals surface area (Å²) in [5, 5.41) is 8.86. The van der Waals surface area contributed by atoms with Gasteiger partial charge >= 0.3 is 5.97 Å². The molecule has 2 nitrogen and oxygen atoms in total. The highest BCUT2D eigenvalue weighted by molar-refractivity contribution is 9.10. The number of rotatable bonds is 2. The maximum Gasteiger partial charge on any atom is 0.345 e. The molecule has 0 radical (unpaired) electrons. The number of thiophene rings is 1. The van der Waals surface area contributed by atoms with Crippen molar-refractivity contribution in [3.05, 3.63) is 45.2 Å². The zero-order chi connectivity index (χ0) is 11.7. The van der Waals surface area contributed by atoms with E-state index in [1.165, 1.54) is 11.3 Å². The Labute approximate surface area is 106 Å². The van der Waals surface area contributed by atoms with E-state index in [-0.39, 0.29) is 0 Å². The van der Waals surface area contributed by atoms with Crippen molar-refractivity contribution in [3.63, 3.8) is 0 Å². The summed E-state index contributed by atoms with van der Waals surface area (Å²) in [6.45, 7) is 2.01. The lowest BCUT2D eigenvalue weighted by Crippen LogP contribution is -1.89. The largest absolute Gasteiger partial charge is 0.477 e. The van der Waals surface area contributed by atoms with Gasteiger partial charge in [-0.05, 0) is 42.3 Å². The first-order chi connectivity index (χ1) is 7.56. The normalized spacial score (nSPS) is 10.4. The van der Waals surface area contributed by atoms with E-state index < -0.39 is 5.97 Å². The highest BCUT2D eigenvalue weighted by Gasteiger charge is 2.08. The Morgan fingerprint density at radius 3 is 2.62 bits per heavy atom. The highest BCUT2D eigenvalue weighted by Crippen LogP contribution is 2.30. The van der Waals surface area contributed by atoms with E-state index in [9.17, 15) is 4.79 Å². The second-order valence-corrected chi connectivity index (χ2v) is 5.49. The van der Waals surface area contributed by atoms with Crippen LogP contribution in [0.25, 0.3) is 10.4 Å². The van der Waals surface area contributed by atoms with Gasteiger partial charge < -0.3 is 5.11 Å². The smallest absolute Gasteiger partial charge is 0.345 e. The van der Waals surface area contributed by atoms with E-state index in [1.807, 2.05) is 31.2 Å². The number of aromatic carboxylic acids is 1. The molecule has 0 atom stereocenters. The van der Waals surface area contributed by atoms with E-state index in [4.69, 9.17) is 5.11 Å². The average molecular weight is 297 g/mol. The molecule has 0 amide bonds. The van der Waals surface area contributed by atoms with Crippen LogP contribution in [0, 0.1) is 6.92 Å². The third-order valence-corrected chi connectivity index (χ3v) is 3.72. The van der Waals surface area contributed by atoms with Crippen LogP contribution >= 0.6 is 27.3 Å². The summed E-state index contributed by atoms with van der Waals surface area (Å²) < 4.78 is 1.01. The van der Waals surface area contributed by atoms with Crippen LogP contribution in [-0.2, 0) is 0 Å². The van der Waals surface area contributed by atoms with Crippen molar-refractivity contribution in [2.45, 2.75) is 6.92 Å². The maximum atomic E-state index is 10.8. The van der Waals surface area contributed by atoms with Gasteiger partial charge in [-0.2, -0.15) is 0 Å². The fraction of sp³-hybridized carbons (Fsp3) is 0.0833. The predicted octanol–water partition coefficient (Wildman–Crippen LogP) is 4.18. The van der Waals surface area contributed by atoms with E-state index in [0.29, 0.717) is 4.88 Å². The van der Waals surface area contributed by atoms with Crippen LogP contribution in [0.5, 0.6) is 0 Å². The number of carboxylic acid groups (broad SMARTS) is 1. The summed E-state index contributed by atoms with van der Waals surface area (Å²) >= 11 is 4.73. The number of carboxylic acids is 1. The molecular formula is C12H9BrO2S. The van der Waals surface area contributed by atoms with Crippen molar-refractivity contribution in [1.29, 1.82) is 0 Å². The third kappa shape index (κ3) is 2.33. The fourth-order valence-corrected chi connectivity index (χ4v) is 2.93. The Bertz CT molecular complexity index is 525. The van der Waals surface area contributed by atoms with E-state index in [1.54, 1.807) is 6.07 Å². The Morgan fingerprint density at radius 2 is 2.06 bits per heavy atom. The van der Waals surface area contributed by atoms with Gasteiger partial charge in [0.1, 0.15) is 4.88 Å². The second kappa shape index (κ2) is 4.39. The Morgan fingerprint density at radius 1 is 1.31 bits per heavy atom. The van der Waals surface area contributed by atoms with E-state index in [0.717, 1.165) is 20.5 Å². The van der Waals surface area contributed by atoms with Gasteiger partial charge in [0.25, 0.3) is 0 Å². The minimum atomic E-state index is -0.872. The lowest BCUT2D eigenvalue weighted by molar-refractivity contribution is 0.0702. The minimum Gasteiger partial charge on any atom is -0.477 e. The van der Waals surface area contributed by atoms with Gasteiger partial charge in [0, 0.05) is 9.35 Å². The van der Waals surface area contributed by atoms with Crippen molar-refractivity contribution in [2.24, 2.45) is 0 Å².